The third-order valence-electron chi connectivity index (χ3n) is 3.26. The molecule has 5 nitrogen and oxygen atoms in total. The van der Waals surface area contributed by atoms with Crippen LogP contribution in [0.3, 0.4) is 0 Å². The summed E-state index contributed by atoms with van der Waals surface area (Å²) < 4.78 is 33.1. The van der Waals surface area contributed by atoms with Gasteiger partial charge < -0.3 is 10.1 Å². The summed E-state index contributed by atoms with van der Waals surface area (Å²) in [5.74, 6) is 0. The van der Waals surface area contributed by atoms with E-state index in [1.165, 1.54) is 0 Å². The molecule has 0 radical (unpaired) electrons. The van der Waals surface area contributed by atoms with Crippen molar-refractivity contribution in [1.29, 1.82) is 0 Å². The monoisotopic (exact) mass is 284 g/mol. The number of anilines is 1. The van der Waals surface area contributed by atoms with Gasteiger partial charge in [0.25, 0.3) is 0 Å². The van der Waals surface area contributed by atoms with E-state index in [0.29, 0.717) is 18.9 Å². The summed E-state index contributed by atoms with van der Waals surface area (Å²) in [5, 5.41) is 2.90. The molecular weight excluding hydrogens is 264 g/mol. The summed E-state index contributed by atoms with van der Waals surface area (Å²) in [6.07, 6.45) is 1.65. The average Bonchev–Trinajstić information content (AvgIpc) is 2.38. The van der Waals surface area contributed by atoms with Gasteiger partial charge in [0.1, 0.15) is 4.90 Å². The molecule has 106 valence electrons. The third kappa shape index (κ3) is 3.26. The van der Waals surface area contributed by atoms with Crippen molar-refractivity contribution in [2.24, 2.45) is 0 Å². The van der Waals surface area contributed by atoms with Crippen molar-refractivity contribution >= 4 is 15.7 Å². The Morgan fingerprint density at radius 3 is 2.68 bits per heavy atom. The van der Waals surface area contributed by atoms with E-state index >= 15 is 0 Å². The molecule has 2 N–H and O–H groups in total. The molecule has 1 fully saturated rings. The highest BCUT2D eigenvalue weighted by molar-refractivity contribution is 7.89. The van der Waals surface area contributed by atoms with Crippen LogP contribution in [0.15, 0.2) is 29.2 Å². The van der Waals surface area contributed by atoms with Gasteiger partial charge in [0.2, 0.25) is 10.0 Å². The van der Waals surface area contributed by atoms with Gasteiger partial charge in [-0.2, -0.15) is 0 Å². The lowest BCUT2D eigenvalue weighted by Crippen LogP contribution is -2.51. The number of rotatable bonds is 4. The average molecular weight is 284 g/mol. The first-order valence-corrected chi connectivity index (χ1v) is 7.84. The van der Waals surface area contributed by atoms with Gasteiger partial charge in [-0.05, 0) is 31.9 Å². The maximum Gasteiger partial charge on any atom is 0.243 e. The number of benzene rings is 1. The largest absolute Gasteiger partial charge is 0.387 e. The second kappa shape index (κ2) is 5.48. The number of sulfonamides is 1. The Morgan fingerprint density at radius 1 is 1.32 bits per heavy atom. The van der Waals surface area contributed by atoms with Crippen LogP contribution < -0.4 is 10.0 Å². The lowest BCUT2D eigenvalue weighted by atomic mass is 9.97. The Labute approximate surface area is 114 Å². The molecule has 1 unspecified atom stereocenters. The van der Waals surface area contributed by atoms with Gasteiger partial charge >= 0.3 is 0 Å². The molecule has 1 heterocycles. The zero-order chi connectivity index (χ0) is 13.9. The molecule has 0 aromatic heterocycles. The van der Waals surface area contributed by atoms with E-state index in [0.717, 1.165) is 12.8 Å². The van der Waals surface area contributed by atoms with Crippen LogP contribution >= 0.6 is 0 Å². The van der Waals surface area contributed by atoms with Gasteiger partial charge in [-0.3, -0.25) is 0 Å². The minimum Gasteiger partial charge on any atom is -0.387 e. The number of para-hydroxylation sites is 1. The Kier molecular flexibility index (Phi) is 4.13. The van der Waals surface area contributed by atoms with Gasteiger partial charge in [0.15, 0.2) is 0 Å². The van der Waals surface area contributed by atoms with Crippen molar-refractivity contribution in [2.45, 2.75) is 30.2 Å². The second-order valence-electron chi connectivity index (χ2n) is 5.07. The SMILES string of the molecule is CNc1ccccc1S(=O)(=O)NC1(C)CCCOC1. The lowest BCUT2D eigenvalue weighted by Gasteiger charge is -2.34. The first-order chi connectivity index (χ1) is 8.97. The quantitative estimate of drug-likeness (QED) is 0.881. The van der Waals surface area contributed by atoms with Crippen molar-refractivity contribution in [2.75, 3.05) is 25.6 Å². The van der Waals surface area contributed by atoms with E-state index in [2.05, 4.69) is 10.0 Å². The number of ether oxygens (including phenoxy) is 1. The molecule has 19 heavy (non-hydrogen) atoms. The fraction of sp³-hybridized carbons (Fsp3) is 0.538. The molecule has 1 aromatic carbocycles. The van der Waals surface area contributed by atoms with Crippen LogP contribution in [-0.4, -0.2) is 34.2 Å². The second-order valence-corrected chi connectivity index (χ2v) is 6.72. The van der Waals surface area contributed by atoms with Crippen molar-refractivity contribution in [3.05, 3.63) is 24.3 Å². The molecule has 0 amide bonds. The molecule has 1 saturated heterocycles. The molecule has 2 rings (SSSR count). The Balaban J connectivity index is 2.27. The van der Waals surface area contributed by atoms with Crippen molar-refractivity contribution in [1.82, 2.24) is 4.72 Å². The van der Waals surface area contributed by atoms with Gasteiger partial charge in [0.05, 0.1) is 17.8 Å². The lowest BCUT2D eigenvalue weighted by molar-refractivity contribution is 0.0386. The summed E-state index contributed by atoms with van der Waals surface area (Å²) >= 11 is 0. The minimum atomic E-state index is -3.55. The number of hydrogen-bond acceptors (Lipinski definition) is 4. The number of nitrogens with one attached hydrogen (secondary N) is 2. The molecule has 1 aliphatic rings. The van der Waals surface area contributed by atoms with Crippen LogP contribution in [0.4, 0.5) is 5.69 Å². The minimum absolute atomic E-state index is 0.268. The van der Waals surface area contributed by atoms with E-state index < -0.39 is 15.6 Å². The molecule has 1 aliphatic heterocycles. The third-order valence-corrected chi connectivity index (χ3v) is 4.96. The van der Waals surface area contributed by atoms with Crippen molar-refractivity contribution in [3.8, 4) is 0 Å². The van der Waals surface area contributed by atoms with E-state index in [1.807, 2.05) is 6.92 Å². The van der Waals surface area contributed by atoms with Crippen LogP contribution in [0, 0.1) is 0 Å². The highest BCUT2D eigenvalue weighted by atomic mass is 32.2. The van der Waals surface area contributed by atoms with E-state index in [9.17, 15) is 8.42 Å². The first kappa shape index (κ1) is 14.3. The molecular formula is C13H20N2O3S. The normalized spacial score (nSPS) is 24.1. The summed E-state index contributed by atoms with van der Waals surface area (Å²) in [6.45, 7) is 2.99. The molecule has 1 aromatic rings. The summed E-state index contributed by atoms with van der Waals surface area (Å²) in [5.41, 5.74) is 0.0631. The van der Waals surface area contributed by atoms with Gasteiger partial charge in [-0.15, -0.1) is 0 Å². The van der Waals surface area contributed by atoms with Crippen LogP contribution in [-0.2, 0) is 14.8 Å². The van der Waals surface area contributed by atoms with Gasteiger partial charge in [0, 0.05) is 13.7 Å². The maximum absolute atomic E-state index is 12.5. The van der Waals surface area contributed by atoms with Crippen molar-refractivity contribution in [3.63, 3.8) is 0 Å². The van der Waals surface area contributed by atoms with Crippen molar-refractivity contribution < 1.29 is 13.2 Å². The molecule has 0 bridgehead atoms. The van der Waals surface area contributed by atoms with E-state index in [-0.39, 0.29) is 4.90 Å². The first-order valence-electron chi connectivity index (χ1n) is 6.35. The highest BCUT2D eigenvalue weighted by Crippen LogP contribution is 2.25. The van der Waals surface area contributed by atoms with E-state index in [4.69, 9.17) is 4.74 Å². The zero-order valence-electron chi connectivity index (χ0n) is 11.3. The smallest absolute Gasteiger partial charge is 0.243 e. The number of hydrogen-bond donors (Lipinski definition) is 2. The molecule has 1 atom stereocenters. The predicted octanol–water partition coefficient (Wildman–Crippen LogP) is 1.58. The highest BCUT2D eigenvalue weighted by Gasteiger charge is 2.33. The fourth-order valence-corrected chi connectivity index (χ4v) is 3.94. The topological polar surface area (TPSA) is 67.4 Å². The van der Waals surface area contributed by atoms with Crippen LogP contribution in [0.25, 0.3) is 0 Å². The maximum atomic E-state index is 12.5. The van der Waals surface area contributed by atoms with Crippen LogP contribution in [0.2, 0.25) is 0 Å². The predicted molar refractivity (Wildman–Crippen MR) is 74.8 cm³/mol. The van der Waals surface area contributed by atoms with Gasteiger partial charge in [-0.1, -0.05) is 12.1 Å². The molecule has 6 heteroatoms. The van der Waals surface area contributed by atoms with Crippen LogP contribution in [0.5, 0.6) is 0 Å². The Hall–Kier alpha value is -1.11. The molecule has 0 aliphatic carbocycles. The fourth-order valence-electron chi connectivity index (χ4n) is 2.30. The summed E-state index contributed by atoms with van der Waals surface area (Å²) in [7, 11) is -1.85. The summed E-state index contributed by atoms with van der Waals surface area (Å²) in [6, 6.07) is 6.86. The standard InChI is InChI=1S/C13H20N2O3S/c1-13(8-5-9-18-10-13)15-19(16,17)12-7-4-3-6-11(12)14-2/h3-4,6-7,14-15H,5,8-10H2,1-2H3. The van der Waals surface area contributed by atoms with E-state index in [1.54, 1.807) is 31.3 Å². The molecule has 0 saturated carbocycles. The zero-order valence-corrected chi connectivity index (χ0v) is 12.1. The van der Waals surface area contributed by atoms with Crippen LogP contribution in [0.1, 0.15) is 19.8 Å². The Bertz CT molecular complexity index is 537. The summed E-state index contributed by atoms with van der Waals surface area (Å²) in [4.78, 5) is 0.268. The van der Waals surface area contributed by atoms with Gasteiger partial charge in [-0.25, -0.2) is 13.1 Å². The Morgan fingerprint density at radius 2 is 2.05 bits per heavy atom. The molecule has 0 spiro atoms.